The van der Waals surface area contributed by atoms with E-state index in [1.165, 1.54) is 0 Å². The summed E-state index contributed by atoms with van der Waals surface area (Å²) in [7, 11) is 1.65. The first-order chi connectivity index (χ1) is 20.2. The van der Waals surface area contributed by atoms with Crippen molar-refractivity contribution in [3.8, 4) is 5.75 Å². The monoisotopic (exact) mass is 573 g/mol. The van der Waals surface area contributed by atoms with E-state index in [2.05, 4.69) is 49.9 Å². The second-order valence-corrected chi connectivity index (χ2v) is 11.7. The summed E-state index contributed by atoms with van der Waals surface area (Å²) in [5, 5.41) is 0. The van der Waals surface area contributed by atoms with Crippen molar-refractivity contribution < 1.29 is 23.8 Å². The third kappa shape index (κ3) is 6.32. The van der Waals surface area contributed by atoms with Gasteiger partial charge in [-0.3, -0.25) is 9.69 Å². The molecule has 0 spiro atoms. The van der Waals surface area contributed by atoms with Gasteiger partial charge in [-0.15, -0.1) is 0 Å². The normalized spacial score (nSPS) is 23.9. The molecule has 0 radical (unpaired) electrons. The summed E-state index contributed by atoms with van der Waals surface area (Å²) in [5.41, 5.74) is 6.00. The van der Waals surface area contributed by atoms with E-state index in [9.17, 15) is 9.59 Å². The smallest absolute Gasteiger partial charge is 0.411 e. The third-order valence-corrected chi connectivity index (χ3v) is 8.49. The Balaban J connectivity index is 1.47. The Morgan fingerprint density at radius 2 is 1.83 bits per heavy atom. The molecule has 2 aromatic rings. The van der Waals surface area contributed by atoms with Crippen molar-refractivity contribution >= 4 is 24.0 Å². The number of amides is 1. The average Bonchev–Trinajstić information content (AvgIpc) is 3.68. The molecule has 1 amide bonds. The molecule has 2 saturated heterocycles. The zero-order valence-electron chi connectivity index (χ0n) is 25.7. The van der Waals surface area contributed by atoms with Crippen LogP contribution in [-0.2, 0) is 14.3 Å². The minimum Gasteiger partial charge on any atom is -0.496 e. The molecule has 8 nitrogen and oxygen atoms in total. The Morgan fingerprint density at radius 3 is 2.45 bits per heavy atom. The summed E-state index contributed by atoms with van der Waals surface area (Å²) in [4.78, 5) is 34.8. The Labute approximate surface area is 249 Å². The molecule has 3 fully saturated rings. The van der Waals surface area contributed by atoms with E-state index in [-0.39, 0.29) is 36.0 Å². The molecule has 2 aromatic carbocycles. The number of methoxy groups -OCH3 is 1. The van der Waals surface area contributed by atoms with Crippen LogP contribution in [-0.4, -0.2) is 67.1 Å². The first-order valence-electron chi connectivity index (χ1n) is 15.1. The van der Waals surface area contributed by atoms with Gasteiger partial charge in [0.15, 0.2) is 0 Å². The van der Waals surface area contributed by atoms with Gasteiger partial charge in [0.25, 0.3) is 0 Å². The number of carbonyl (C=O) groups excluding carboxylic acids is 2. The second-order valence-electron chi connectivity index (χ2n) is 11.7. The van der Waals surface area contributed by atoms with Gasteiger partial charge in [0.1, 0.15) is 17.7 Å². The topological polar surface area (TPSA) is 80.7 Å². The number of likely N-dealkylation sites (tertiary alicyclic amines) is 1. The lowest BCUT2D eigenvalue weighted by Crippen LogP contribution is -2.42. The minimum absolute atomic E-state index is 0.104. The lowest BCUT2D eigenvalue weighted by molar-refractivity contribution is -0.144. The molecular formula is C34H43N3O5. The predicted molar refractivity (Wildman–Crippen MR) is 164 cm³/mol. The number of amidine groups is 1. The quantitative estimate of drug-likeness (QED) is 0.186. The van der Waals surface area contributed by atoms with E-state index in [4.69, 9.17) is 19.2 Å². The van der Waals surface area contributed by atoms with Crippen LogP contribution >= 0.6 is 0 Å². The van der Waals surface area contributed by atoms with E-state index in [1.54, 1.807) is 12.0 Å². The van der Waals surface area contributed by atoms with Gasteiger partial charge >= 0.3 is 12.1 Å². The van der Waals surface area contributed by atoms with Crippen LogP contribution in [0, 0.1) is 19.8 Å². The van der Waals surface area contributed by atoms with Crippen LogP contribution in [0.4, 0.5) is 4.79 Å². The van der Waals surface area contributed by atoms with Crippen molar-refractivity contribution in [3.63, 3.8) is 0 Å². The van der Waals surface area contributed by atoms with E-state index in [0.717, 1.165) is 71.7 Å². The fourth-order valence-corrected chi connectivity index (χ4v) is 6.08. The number of nitrogens with zero attached hydrogens (tertiary/aromatic N) is 3. The minimum atomic E-state index is -0.352. The number of hydrogen-bond donors (Lipinski definition) is 0. The van der Waals surface area contributed by atoms with Gasteiger partial charge in [-0.2, -0.15) is 0 Å². The standard InChI is InChI=1S/C34H43N3O5/c1-7-31(36-12-9-13-36)35-27(20-37-23(5)32(42-34(37)39)26-15-21(3)14-22(4)16-26)18-25-17-24(10-11-30(25)40-6)28-19-29(28)33(38)41-8-2/h10-11,14-18,23,28-29,32H,7-9,12-13,19-20H2,1-6H3/b27-18+,35-31+/t23-,28-,29+,32-/m0/s1. The number of esters is 1. The van der Waals surface area contributed by atoms with E-state index in [1.807, 2.05) is 32.1 Å². The first-order valence-corrected chi connectivity index (χ1v) is 15.1. The molecule has 0 unspecified atom stereocenters. The Bertz CT molecular complexity index is 1380. The van der Waals surface area contributed by atoms with Gasteiger partial charge in [0.2, 0.25) is 0 Å². The number of benzene rings is 2. The molecule has 3 aliphatic rings. The van der Waals surface area contributed by atoms with Crippen molar-refractivity contribution in [1.29, 1.82) is 0 Å². The van der Waals surface area contributed by atoms with Crippen LogP contribution in [0.2, 0.25) is 0 Å². The predicted octanol–water partition coefficient (Wildman–Crippen LogP) is 6.42. The third-order valence-electron chi connectivity index (χ3n) is 8.49. The fourth-order valence-electron chi connectivity index (χ4n) is 6.08. The Kier molecular flexibility index (Phi) is 8.90. The Morgan fingerprint density at radius 1 is 1.10 bits per heavy atom. The number of ether oxygens (including phenoxy) is 3. The number of aryl methyl sites for hydroxylation is 2. The number of rotatable bonds is 10. The van der Waals surface area contributed by atoms with Gasteiger partial charge in [0, 0.05) is 25.1 Å². The second kappa shape index (κ2) is 12.6. The highest BCUT2D eigenvalue weighted by Gasteiger charge is 2.45. The molecule has 224 valence electrons. The lowest BCUT2D eigenvalue weighted by Gasteiger charge is -2.34. The van der Waals surface area contributed by atoms with Gasteiger partial charge in [-0.1, -0.05) is 42.3 Å². The number of carbonyl (C=O) groups is 2. The van der Waals surface area contributed by atoms with Crippen molar-refractivity contribution in [3.05, 3.63) is 69.9 Å². The van der Waals surface area contributed by atoms with Gasteiger partial charge < -0.3 is 19.1 Å². The molecule has 8 heteroatoms. The highest BCUT2D eigenvalue weighted by molar-refractivity contribution is 5.84. The van der Waals surface area contributed by atoms with E-state index >= 15 is 0 Å². The lowest BCUT2D eigenvalue weighted by atomic mass is 9.99. The largest absolute Gasteiger partial charge is 0.496 e. The van der Waals surface area contributed by atoms with Crippen molar-refractivity contribution in [1.82, 2.24) is 9.80 Å². The number of hydrogen-bond acceptors (Lipinski definition) is 6. The summed E-state index contributed by atoms with van der Waals surface area (Å²) < 4.78 is 16.9. The van der Waals surface area contributed by atoms with Crippen LogP contribution in [0.25, 0.3) is 6.08 Å². The van der Waals surface area contributed by atoms with Crippen LogP contribution in [0.3, 0.4) is 0 Å². The molecule has 42 heavy (non-hydrogen) atoms. The van der Waals surface area contributed by atoms with Crippen molar-refractivity contribution in [2.75, 3.05) is 33.4 Å². The molecule has 0 N–H and O–H groups in total. The number of aliphatic imine (C=N–C) groups is 1. The highest BCUT2D eigenvalue weighted by Crippen LogP contribution is 2.49. The Hall–Kier alpha value is -3.81. The average molecular weight is 574 g/mol. The van der Waals surface area contributed by atoms with Gasteiger partial charge in [-0.25, -0.2) is 9.79 Å². The van der Waals surface area contributed by atoms with Crippen molar-refractivity contribution in [2.24, 2.45) is 10.9 Å². The van der Waals surface area contributed by atoms with Crippen LogP contribution in [0.15, 0.2) is 47.1 Å². The molecule has 5 rings (SSSR count). The van der Waals surface area contributed by atoms with Gasteiger partial charge in [0.05, 0.1) is 37.9 Å². The molecule has 2 heterocycles. The van der Waals surface area contributed by atoms with Crippen LogP contribution in [0.5, 0.6) is 5.75 Å². The SMILES string of the molecule is CCOC(=O)[C@@H]1C[C@H]1c1ccc(OC)c(/C=C(CN2C(=O)O[C@H](c3cc(C)cc(C)c3)[C@@H]2C)/N=C(\CC)N2CCC2)c1. The van der Waals surface area contributed by atoms with E-state index < -0.39 is 0 Å². The molecule has 0 aromatic heterocycles. The summed E-state index contributed by atoms with van der Waals surface area (Å²) in [5.74, 6) is 1.62. The zero-order chi connectivity index (χ0) is 30.0. The molecule has 1 saturated carbocycles. The maximum atomic E-state index is 13.3. The summed E-state index contributed by atoms with van der Waals surface area (Å²) in [6.07, 6.45) is 4.06. The van der Waals surface area contributed by atoms with Crippen molar-refractivity contribution in [2.45, 2.75) is 71.9 Å². The molecule has 4 atom stereocenters. The first kappa shape index (κ1) is 29.7. The van der Waals surface area contributed by atoms with Crippen LogP contribution < -0.4 is 4.74 Å². The van der Waals surface area contributed by atoms with Gasteiger partial charge in [-0.05, 0) is 75.8 Å². The molecular weight excluding hydrogens is 530 g/mol. The maximum absolute atomic E-state index is 13.3. The zero-order valence-corrected chi connectivity index (χ0v) is 25.7. The molecule has 2 aliphatic heterocycles. The maximum Gasteiger partial charge on any atom is 0.411 e. The number of cyclic esters (lactones) is 1. The molecule has 1 aliphatic carbocycles. The van der Waals surface area contributed by atoms with Crippen LogP contribution in [0.1, 0.15) is 79.9 Å². The summed E-state index contributed by atoms with van der Waals surface area (Å²) >= 11 is 0. The fraction of sp³-hybridized carbons (Fsp3) is 0.500. The molecule has 0 bridgehead atoms. The van der Waals surface area contributed by atoms with E-state index in [0.29, 0.717) is 18.9 Å². The summed E-state index contributed by atoms with van der Waals surface area (Å²) in [6.45, 7) is 12.8. The highest BCUT2D eigenvalue weighted by atomic mass is 16.6. The summed E-state index contributed by atoms with van der Waals surface area (Å²) in [6, 6.07) is 12.2.